The van der Waals surface area contributed by atoms with Crippen molar-refractivity contribution in [2.24, 2.45) is 0 Å². The van der Waals surface area contributed by atoms with Crippen LogP contribution in [0, 0.1) is 6.92 Å². The summed E-state index contributed by atoms with van der Waals surface area (Å²) in [4.78, 5) is 18.4. The highest BCUT2D eigenvalue weighted by Crippen LogP contribution is 2.06. The molecule has 0 atom stereocenters. The second-order valence-corrected chi connectivity index (χ2v) is 4.33. The molecule has 1 heterocycles. The number of hydrogen-bond acceptors (Lipinski definition) is 3. The minimum atomic E-state index is -0.467. The number of imidazole rings is 1. The summed E-state index contributed by atoms with van der Waals surface area (Å²) < 4.78 is 5.08. The lowest BCUT2D eigenvalue weighted by atomic mass is 10.2. The fourth-order valence-corrected chi connectivity index (χ4v) is 1.04. The maximum atomic E-state index is 11.3. The monoisotopic (exact) mass is 211 g/mol. The number of amides is 1. The molecule has 1 aromatic heterocycles. The van der Waals surface area contributed by atoms with Gasteiger partial charge < -0.3 is 15.0 Å². The maximum Gasteiger partial charge on any atom is 0.407 e. The van der Waals surface area contributed by atoms with Crippen molar-refractivity contribution >= 4 is 6.09 Å². The largest absolute Gasteiger partial charge is 0.444 e. The van der Waals surface area contributed by atoms with Gasteiger partial charge in [0.15, 0.2) is 0 Å². The molecule has 1 rings (SSSR count). The van der Waals surface area contributed by atoms with Gasteiger partial charge in [0.1, 0.15) is 11.4 Å². The number of aromatic nitrogens is 2. The molecule has 5 heteroatoms. The number of ether oxygens (including phenoxy) is 1. The van der Waals surface area contributed by atoms with Crippen molar-refractivity contribution in [3.8, 4) is 0 Å². The van der Waals surface area contributed by atoms with E-state index in [0.717, 1.165) is 11.5 Å². The Kier molecular flexibility index (Phi) is 3.34. The van der Waals surface area contributed by atoms with E-state index in [2.05, 4.69) is 15.3 Å². The summed E-state index contributed by atoms with van der Waals surface area (Å²) in [6.45, 7) is 7.71. The summed E-state index contributed by atoms with van der Waals surface area (Å²) in [5.74, 6) is 0.830. The van der Waals surface area contributed by atoms with E-state index in [1.807, 2.05) is 27.7 Å². The first-order valence-electron chi connectivity index (χ1n) is 4.84. The van der Waals surface area contributed by atoms with E-state index in [0.29, 0.717) is 6.54 Å². The van der Waals surface area contributed by atoms with E-state index in [4.69, 9.17) is 4.74 Å². The molecule has 0 aliphatic carbocycles. The van der Waals surface area contributed by atoms with E-state index in [-0.39, 0.29) is 0 Å². The molecule has 0 spiro atoms. The highest BCUT2D eigenvalue weighted by molar-refractivity contribution is 5.67. The zero-order valence-electron chi connectivity index (χ0n) is 9.55. The number of aryl methyl sites for hydroxylation is 1. The smallest absolute Gasteiger partial charge is 0.407 e. The van der Waals surface area contributed by atoms with Crippen LogP contribution in [-0.4, -0.2) is 21.7 Å². The number of rotatable bonds is 2. The molecular formula is C10H17N3O2. The highest BCUT2D eigenvalue weighted by atomic mass is 16.6. The second kappa shape index (κ2) is 4.33. The van der Waals surface area contributed by atoms with Crippen molar-refractivity contribution in [1.82, 2.24) is 15.3 Å². The summed E-state index contributed by atoms with van der Waals surface area (Å²) in [7, 11) is 0. The molecule has 2 N–H and O–H groups in total. The van der Waals surface area contributed by atoms with Gasteiger partial charge in [-0.1, -0.05) is 0 Å². The summed E-state index contributed by atoms with van der Waals surface area (Å²) >= 11 is 0. The lowest BCUT2D eigenvalue weighted by Gasteiger charge is -2.19. The third-order valence-corrected chi connectivity index (χ3v) is 1.57. The molecule has 1 aromatic rings. The topological polar surface area (TPSA) is 67.0 Å². The molecule has 0 radical (unpaired) electrons. The van der Waals surface area contributed by atoms with E-state index < -0.39 is 11.7 Å². The van der Waals surface area contributed by atoms with Gasteiger partial charge in [0.2, 0.25) is 0 Å². The normalized spacial score (nSPS) is 11.2. The molecule has 0 bridgehead atoms. The molecule has 1 amide bonds. The fourth-order valence-electron chi connectivity index (χ4n) is 1.04. The van der Waals surface area contributed by atoms with Crippen LogP contribution in [0.15, 0.2) is 6.20 Å². The van der Waals surface area contributed by atoms with Crippen LogP contribution in [0.1, 0.15) is 32.3 Å². The molecule has 5 nitrogen and oxygen atoms in total. The molecule has 0 aliphatic heterocycles. The van der Waals surface area contributed by atoms with Crippen molar-refractivity contribution < 1.29 is 9.53 Å². The van der Waals surface area contributed by atoms with Crippen LogP contribution in [0.5, 0.6) is 0 Å². The van der Waals surface area contributed by atoms with Crippen LogP contribution in [0.25, 0.3) is 0 Å². The lowest BCUT2D eigenvalue weighted by Crippen LogP contribution is -2.32. The number of nitrogens with one attached hydrogen (secondary N) is 2. The Balaban J connectivity index is 2.35. The van der Waals surface area contributed by atoms with Gasteiger partial charge in [0, 0.05) is 6.20 Å². The Morgan fingerprint density at radius 2 is 2.27 bits per heavy atom. The third-order valence-electron chi connectivity index (χ3n) is 1.57. The quantitative estimate of drug-likeness (QED) is 0.783. The zero-order valence-corrected chi connectivity index (χ0v) is 9.55. The van der Waals surface area contributed by atoms with E-state index in [1.165, 1.54) is 0 Å². The van der Waals surface area contributed by atoms with E-state index in [9.17, 15) is 4.79 Å². The minimum Gasteiger partial charge on any atom is -0.444 e. The standard InChI is InChI=1S/C10H17N3O2/c1-7-11-5-8(13-7)6-12-9(14)15-10(2,3)4/h5H,6H2,1-4H3,(H,11,13)(H,12,14). The van der Waals surface area contributed by atoms with Crippen LogP contribution in [0.2, 0.25) is 0 Å². The second-order valence-electron chi connectivity index (χ2n) is 4.33. The molecule has 0 saturated heterocycles. The van der Waals surface area contributed by atoms with Crippen molar-refractivity contribution in [3.05, 3.63) is 17.7 Å². The maximum absolute atomic E-state index is 11.3. The third kappa shape index (κ3) is 4.49. The Hall–Kier alpha value is -1.52. The van der Waals surface area contributed by atoms with Crippen LogP contribution < -0.4 is 5.32 Å². The van der Waals surface area contributed by atoms with Crippen molar-refractivity contribution in [2.45, 2.75) is 39.8 Å². The lowest BCUT2D eigenvalue weighted by molar-refractivity contribution is 0.0523. The molecule has 15 heavy (non-hydrogen) atoms. The van der Waals surface area contributed by atoms with Crippen molar-refractivity contribution in [1.29, 1.82) is 0 Å². The van der Waals surface area contributed by atoms with Crippen LogP contribution in [0.4, 0.5) is 4.79 Å². The summed E-state index contributed by atoms with van der Waals surface area (Å²) in [5, 5.41) is 2.63. The van der Waals surface area contributed by atoms with Gasteiger partial charge in [0.25, 0.3) is 0 Å². The Bertz CT molecular complexity index is 339. The van der Waals surface area contributed by atoms with Crippen LogP contribution in [-0.2, 0) is 11.3 Å². The first-order valence-corrected chi connectivity index (χ1v) is 4.84. The SMILES string of the molecule is Cc1nc(CNC(=O)OC(C)(C)C)c[nH]1. The first kappa shape index (κ1) is 11.6. The number of alkyl carbamates (subject to hydrolysis) is 1. The summed E-state index contributed by atoms with van der Waals surface area (Å²) in [5.41, 5.74) is 0.323. The Morgan fingerprint density at radius 3 is 2.73 bits per heavy atom. The van der Waals surface area contributed by atoms with Gasteiger partial charge in [-0.25, -0.2) is 9.78 Å². The van der Waals surface area contributed by atoms with Gasteiger partial charge in [-0.2, -0.15) is 0 Å². The molecule has 0 unspecified atom stereocenters. The zero-order chi connectivity index (χ0) is 11.5. The average molecular weight is 211 g/mol. The Morgan fingerprint density at radius 1 is 1.60 bits per heavy atom. The van der Waals surface area contributed by atoms with Gasteiger partial charge in [-0.3, -0.25) is 0 Å². The highest BCUT2D eigenvalue weighted by Gasteiger charge is 2.15. The number of carbonyl (C=O) groups excluding carboxylic acids is 1. The fraction of sp³-hybridized carbons (Fsp3) is 0.600. The summed E-state index contributed by atoms with van der Waals surface area (Å²) in [6.07, 6.45) is 1.33. The first-order chi connectivity index (χ1) is 6.87. The van der Waals surface area contributed by atoms with Gasteiger partial charge in [-0.15, -0.1) is 0 Å². The summed E-state index contributed by atoms with van der Waals surface area (Å²) in [6, 6.07) is 0. The molecule has 0 aromatic carbocycles. The number of nitrogens with zero attached hydrogens (tertiary/aromatic N) is 1. The van der Waals surface area contributed by atoms with Gasteiger partial charge >= 0.3 is 6.09 Å². The van der Waals surface area contributed by atoms with Crippen molar-refractivity contribution in [2.75, 3.05) is 0 Å². The molecule has 0 aliphatic rings. The molecular weight excluding hydrogens is 194 g/mol. The Labute approximate surface area is 89.2 Å². The predicted octanol–water partition coefficient (Wildman–Crippen LogP) is 1.74. The minimum absolute atomic E-state index is 0.374. The predicted molar refractivity (Wildman–Crippen MR) is 56.4 cm³/mol. The average Bonchev–Trinajstić information content (AvgIpc) is 2.45. The number of aromatic amines is 1. The van der Waals surface area contributed by atoms with Gasteiger partial charge in [0.05, 0.1) is 12.2 Å². The van der Waals surface area contributed by atoms with Crippen LogP contribution >= 0.6 is 0 Å². The molecule has 84 valence electrons. The number of H-pyrrole nitrogens is 1. The van der Waals surface area contributed by atoms with Gasteiger partial charge in [-0.05, 0) is 27.7 Å². The number of carbonyl (C=O) groups is 1. The van der Waals surface area contributed by atoms with E-state index in [1.54, 1.807) is 6.20 Å². The molecule has 0 saturated carbocycles. The van der Waals surface area contributed by atoms with Crippen LogP contribution in [0.3, 0.4) is 0 Å². The number of hydrogen-bond donors (Lipinski definition) is 2. The van der Waals surface area contributed by atoms with E-state index >= 15 is 0 Å². The molecule has 0 fully saturated rings. The van der Waals surface area contributed by atoms with Crippen molar-refractivity contribution in [3.63, 3.8) is 0 Å².